The SMILES string of the molecule is COc1cccc(-c2cn(C(C(N)=O)c3ccc4c(c3)C[C@@]3(C4)C(=O)Nc4ncccc43)c(=O)n(CCS(C)(=O)=O)c2=O)c1Cl. The predicted molar refractivity (Wildman–Crippen MR) is 167 cm³/mol. The normalized spacial score (nSPS) is 17.5. The zero-order valence-corrected chi connectivity index (χ0v) is 25.8. The van der Waals surface area contributed by atoms with Crippen molar-refractivity contribution in [2.24, 2.45) is 5.73 Å². The highest BCUT2D eigenvalue weighted by atomic mass is 35.5. The molecule has 0 saturated carbocycles. The average Bonchev–Trinajstić information content (AvgIpc) is 3.50. The van der Waals surface area contributed by atoms with Gasteiger partial charge in [-0.05, 0) is 41.7 Å². The molecule has 1 spiro atoms. The van der Waals surface area contributed by atoms with Crippen LogP contribution >= 0.6 is 11.6 Å². The number of anilines is 1. The lowest BCUT2D eigenvalue weighted by Gasteiger charge is -2.21. The first-order chi connectivity index (χ1) is 21.3. The van der Waals surface area contributed by atoms with Crippen LogP contribution in [0.4, 0.5) is 5.82 Å². The standard InChI is InChI=1S/C31H28ClN5O7S/c1-44-23-7-3-5-20(24(23)32)21-16-37(30(41)36(28(21)39)11-12-45(2,42)43)25(26(33)38)17-8-9-18-14-31(15-19(18)13-17)22-6-4-10-34-27(22)35-29(31)40/h3-10,13,16,25H,11-12,14-15H2,1-2H3,(H2,33,38)(H,34,35,40)/t25?,31-/m1/s1. The Morgan fingerprint density at radius 2 is 1.87 bits per heavy atom. The monoisotopic (exact) mass is 649 g/mol. The van der Waals surface area contributed by atoms with Gasteiger partial charge >= 0.3 is 5.69 Å². The van der Waals surface area contributed by atoms with Crippen LogP contribution in [0.3, 0.4) is 0 Å². The molecule has 2 amide bonds. The van der Waals surface area contributed by atoms with Crippen molar-refractivity contribution in [2.75, 3.05) is 24.4 Å². The number of amides is 2. The van der Waals surface area contributed by atoms with Crippen LogP contribution in [0.2, 0.25) is 5.02 Å². The molecular weight excluding hydrogens is 622 g/mol. The van der Waals surface area contributed by atoms with E-state index in [-0.39, 0.29) is 27.8 Å². The summed E-state index contributed by atoms with van der Waals surface area (Å²) in [5.41, 5.74) is 6.29. The van der Waals surface area contributed by atoms with E-state index >= 15 is 0 Å². The minimum atomic E-state index is -3.58. The molecule has 0 bridgehead atoms. The number of benzene rings is 2. The predicted octanol–water partition coefficient (Wildman–Crippen LogP) is 1.84. The molecule has 0 saturated heterocycles. The summed E-state index contributed by atoms with van der Waals surface area (Å²) in [6, 6.07) is 12.2. The number of hydrogen-bond acceptors (Lipinski definition) is 8. The highest BCUT2D eigenvalue weighted by molar-refractivity contribution is 7.90. The lowest BCUT2D eigenvalue weighted by molar-refractivity contribution is -0.121. The van der Waals surface area contributed by atoms with Crippen molar-refractivity contribution >= 4 is 39.1 Å². The molecular formula is C31H28ClN5O7S. The number of halogens is 1. The number of hydrogen-bond donors (Lipinski definition) is 2. The number of primary amides is 1. The third kappa shape index (κ3) is 5.11. The summed E-state index contributed by atoms with van der Waals surface area (Å²) in [6.07, 6.45) is 4.55. The molecule has 0 fully saturated rings. The number of fused-ring (bicyclic) bond motifs is 3. The molecule has 232 valence electrons. The maximum atomic E-state index is 13.8. The molecule has 14 heteroatoms. The first-order valence-electron chi connectivity index (χ1n) is 13.9. The van der Waals surface area contributed by atoms with Gasteiger partial charge in [-0.1, -0.05) is 48.0 Å². The molecule has 1 unspecified atom stereocenters. The number of nitrogens with zero attached hydrogens (tertiary/aromatic N) is 3. The van der Waals surface area contributed by atoms with Crippen molar-refractivity contribution in [1.29, 1.82) is 0 Å². The molecule has 6 rings (SSSR count). The minimum Gasteiger partial charge on any atom is -0.495 e. The maximum Gasteiger partial charge on any atom is 0.332 e. The van der Waals surface area contributed by atoms with Gasteiger partial charge in [0.1, 0.15) is 27.4 Å². The van der Waals surface area contributed by atoms with Gasteiger partial charge in [0.15, 0.2) is 0 Å². The Balaban J connectivity index is 1.50. The molecule has 1 aliphatic heterocycles. The van der Waals surface area contributed by atoms with Gasteiger partial charge in [-0.25, -0.2) is 18.2 Å². The molecule has 4 aromatic rings. The summed E-state index contributed by atoms with van der Waals surface area (Å²) in [6.45, 7) is -0.466. The van der Waals surface area contributed by atoms with Gasteiger partial charge in [-0.2, -0.15) is 0 Å². The van der Waals surface area contributed by atoms with Crippen molar-refractivity contribution in [3.63, 3.8) is 0 Å². The van der Waals surface area contributed by atoms with Crippen LogP contribution < -0.4 is 27.0 Å². The number of methoxy groups -OCH3 is 1. The van der Waals surface area contributed by atoms with E-state index in [9.17, 15) is 27.6 Å². The fourth-order valence-corrected chi connectivity index (χ4v) is 7.06. The van der Waals surface area contributed by atoms with Gasteiger partial charge in [0.2, 0.25) is 11.8 Å². The molecule has 45 heavy (non-hydrogen) atoms. The van der Waals surface area contributed by atoms with Gasteiger partial charge in [0.05, 0.1) is 28.9 Å². The molecule has 2 aliphatic rings. The lowest BCUT2D eigenvalue weighted by Crippen LogP contribution is -2.45. The second-order valence-corrected chi connectivity index (χ2v) is 13.9. The van der Waals surface area contributed by atoms with Crippen LogP contribution in [-0.2, 0) is 44.2 Å². The number of aromatic nitrogens is 3. The number of nitrogens with one attached hydrogen (secondary N) is 1. The van der Waals surface area contributed by atoms with Gasteiger partial charge in [0, 0.05) is 36.3 Å². The van der Waals surface area contributed by atoms with E-state index in [1.54, 1.807) is 48.7 Å². The van der Waals surface area contributed by atoms with Crippen molar-refractivity contribution < 1.29 is 22.7 Å². The first-order valence-corrected chi connectivity index (χ1v) is 16.3. The molecule has 2 aromatic carbocycles. The fourth-order valence-electron chi connectivity index (χ4n) is 6.24. The van der Waals surface area contributed by atoms with Crippen LogP contribution in [0.1, 0.15) is 28.3 Å². The summed E-state index contributed by atoms with van der Waals surface area (Å²) < 4.78 is 31.1. The topological polar surface area (TPSA) is 172 Å². The number of nitrogens with two attached hydrogens (primary N) is 1. The number of sulfone groups is 1. The van der Waals surface area contributed by atoms with Gasteiger partial charge in [-0.15, -0.1) is 0 Å². The Morgan fingerprint density at radius 1 is 1.11 bits per heavy atom. The molecule has 3 heterocycles. The van der Waals surface area contributed by atoms with Gasteiger partial charge in [0.25, 0.3) is 5.56 Å². The van der Waals surface area contributed by atoms with Crippen molar-refractivity contribution in [3.8, 4) is 16.9 Å². The second kappa shape index (κ2) is 11.0. The Bertz CT molecular complexity index is 2140. The molecule has 12 nitrogen and oxygen atoms in total. The zero-order chi connectivity index (χ0) is 32.3. The summed E-state index contributed by atoms with van der Waals surface area (Å²) >= 11 is 6.55. The van der Waals surface area contributed by atoms with Gasteiger partial charge in [-0.3, -0.25) is 23.5 Å². The third-order valence-corrected chi connectivity index (χ3v) is 9.74. The van der Waals surface area contributed by atoms with Crippen LogP contribution in [0.15, 0.2) is 70.5 Å². The number of carbonyl (C=O) groups excluding carboxylic acids is 2. The lowest BCUT2D eigenvalue weighted by atomic mass is 9.79. The average molecular weight is 650 g/mol. The van der Waals surface area contributed by atoms with E-state index in [0.29, 0.717) is 24.2 Å². The van der Waals surface area contributed by atoms with Crippen molar-refractivity contribution in [1.82, 2.24) is 14.1 Å². The number of rotatable bonds is 8. The Kier molecular flexibility index (Phi) is 7.40. The third-order valence-electron chi connectivity index (χ3n) is 8.42. The molecule has 1 aliphatic carbocycles. The van der Waals surface area contributed by atoms with E-state index in [1.165, 1.54) is 13.3 Å². The van der Waals surface area contributed by atoms with E-state index in [2.05, 4.69) is 10.3 Å². The van der Waals surface area contributed by atoms with E-state index in [4.69, 9.17) is 22.1 Å². The summed E-state index contributed by atoms with van der Waals surface area (Å²) in [5, 5.41) is 2.94. The molecule has 2 atom stereocenters. The Morgan fingerprint density at radius 3 is 2.58 bits per heavy atom. The summed E-state index contributed by atoms with van der Waals surface area (Å²) in [5.74, 6) is -0.793. The van der Waals surface area contributed by atoms with E-state index < -0.39 is 50.7 Å². The first kappa shape index (κ1) is 30.3. The second-order valence-electron chi connectivity index (χ2n) is 11.3. The quantitative estimate of drug-likeness (QED) is 0.291. The van der Waals surface area contributed by atoms with E-state index in [0.717, 1.165) is 32.1 Å². The summed E-state index contributed by atoms with van der Waals surface area (Å²) in [4.78, 5) is 58.1. The Hall–Kier alpha value is -4.75. The molecule has 0 radical (unpaired) electrons. The molecule has 3 N–H and O–H groups in total. The maximum absolute atomic E-state index is 13.8. The largest absolute Gasteiger partial charge is 0.495 e. The van der Waals surface area contributed by atoms with E-state index in [1.807, 2.05) is 6.07 Å². The highest BCUT2D eigenvalue weighted by Crippen LogP contribution is 2.47. The Labute approximate surface area is 262 Å². The number of pyridine rings is 1. The highest BCUT2D eigenvalue weighted by Gasteiger charge is 2.51. The molecule has 2 aromatic heterocycles. The van der Waals surface area contributed by atoms with Crippen molar-refractivity contribution in [3.05, 3.63) is 109 Å². The van der Waals surface area contributed by atoms with Crippen LogP contribution in [0.5, 0.6) is 5.75 Å². The number of ether oxygens (including phenoxy) is 1. The van der Waals surface area contributed by atoms with Crippen LogP contribution in [-0.4, -0.2) is 53.5 Å². The fraction of sp³-hybridized carbons (Fsp3) is 0.258. The van der Waals surface area contributed by atoms with Crippen LogP contribution in [0.25, 0.3) is 11.1 Å². The zero-order valence-electron chi connectivity index (χ0n) is 24.2. The minimum absolute atomic E-state index is 0.0647. The van der Waals surface area contributed by atoms with Crippen molar-refractivity contribution in [2.45, 2.75) is 30.8 Å². The summed E-state index contributed by atoms with van der Waals surface area (Å²) in [7, 11) is -2.18. The van der Waals surface area contributed by atoms with Gasteiger partial charge < -0.3 is 15.8 Å². The smallest absolute Gasteiger partial charge is 0.332 e. The number of carbonyl (C=O) groups is 2. The van der Waals surface area contributed by atoms with Crippen LogP contribution in [0, 0.1) is 0 Å².